The van der Waals surface area contributed by atoms with E-state index in [1.54, 1.807) is 23.5 Å². The molecule has 0 saturated heterocycles. The van der Waals surface area contributed by atoms with Gasteiger partial charge in [0.1, 0.15) is 4.88 Å². The van der Waals surface area contributed by atoms with Crippen molar-refractivity contribution in [3.8, 4) is 0 Å². The lowest BCUT2D eigenvalue weighted by atomic mass is 9.96. The minimum absolute atomic E-state index is 0.0559. The summed E-state index contributed by atoms with van der Waals surface area (Å²) in [7, 11) is 0. The van der Waals surface area contributed by atoms with E-state index in [1.165, 1.54) is 28.2 Å². The standard InChI is InChI=1S/C15H15NO3S2/c17-14(11-8-20-12-4-2-1-3-10(11)12)16-7-9-5-6-13(21-9)15(18)19/h5-6,8H,1-4,7H2,(H,16,17)(H,18,19). The molecular formula is C15H15NO3S2. The van der Waals surface area contributed by atoms with Crippen molar-refractivity contribution in [3.63, 3.8) is 0 Å². The Morgan fingerprint density at radius 3 is 2.81 bits per heavy atom. The minimum atomic E-state index is -0.926. The van der Waals surface area contributed by atoms with Crippen LogP contribution in [-0.4, -0.2) is 17.0 Å². The second-order valence-corrected chi connectivity index (χ2v) is 7.14. The number of amides is 1. The number of carbonyl (C=O) groups is 2. The lowest BCUT2D eigenvalue weighted by Gasteiger charge is -2.12. The molecule has 2 N–H and O–H groups in total. The van der Waals surface area contributed by atoms with Gasteiger partial charge in [-0.2, -0.15) is 0 Å². The predicted molar refractivity (Wildman–Crippen MR) is 83.4 cm³/mol. The number of aryl methyl sites for hydroxylation is 1. The molecule has 0 aliphatic heterocycles. The molecule has 3 rings (SSSR count). The smallest absolute Gasteiger partial charge is 0.345 e. The minimum Gasteiger partial charge on any atom is -0.477 e. The van der Waals surface area contributed by atoms with Crippen molar-refractivity contribution in [3.05, 3.63) is 43.3 Å². The first-order valence-corrected chi connectivity index (χ1v) is 8.54. The number of aromatic carboxylic acids is 1. The summed E-state index contributed by atoms with van der Waals surface area (Å²) in [6, 6.07) is 3.32. The fourth-order valence-electron chi connectivity index (χ4n) is 2.53. The van der Waals surface area contributed by atoms with Crippen LogP contribution in [-0.2, 0) is 19.4 Å². The highest BCUT2D eigenvalue weighted by molar-refractivity contribution is 7.13. The van der Waals surface area contributed by atoms with E-state index in [4.69, 9.17) is 5.11 Å². The van der Waals surface area contributed by atoms with E-state index in [0.29, 0.717) is 11.4 Å². The summed E-state index contributed by atoms with van der Waals surface area (Å²) in [5.74, 6) is -0.982. The van der Waals surface area contributed by atoms with Crippen LogP contribution in [0.3, 0.4) is 0 Å². The second kappa shape index (κ2) is 5.99. The Balaban J connectivity index is 1.66. The van der Waals surface area contributed by atoms with Crippen LogP contribution in [0.2, 0.25) is 0 Å². The Labute approximate surface area is 130 Å². The summed E-state index contributed by atoms with van der Waals surface area (Å²) < 4.78 is 0. The van der Waals surface area contributed by atoms with Gasteiger partial charge in [0.15, 0.2) is 0 Å². The molecule has 0 bridgehead atoms. The molecule has 110 valence electrons. The van der Waals surface area contributed by atoms with Gasteiger partial charge in [0.05, 0.1) is 12.1 Å². The van der Waals surface area contributed by atoms with Crippen molar-refractivity contribution < 1.29 is 14.7 Å². The summed E-state index contributed by atoms with van der Waals surface area (Å²) in [6.07, 6.45) is 4.43. The van der Waals surface area contributed by atoms with Gasteiger partial charge in [-0.05, 0) is 43.4 Å². The van der Waals surface area contributed by atoms with Gasteiger partial charge in [-0.3, -0.25) is 4.79 Å². The van der Waals surface area contributed by atoms with Crippen LogP contribution in [0.25, 0.3) is 0 Å². The molecule has 21 heavy (non-hydrogen) atoms. The molecule has 1 aliphatic carbocycles. The van der Waals surface area contributed by atoms with Crippen LogP contribution in [0, 0.1) is 0 Å². The highest BCUT2D eigenvalue weighted by atomic mass is 32.1. The Hall–Kier alpha value is -1.66. The van der Waals surface area contributed by atoms with Gasteiger partial charge in [0.25, 0.3) is 5.91 Å². The van der Waals surface area contributed by atoms with Gasteiger partial charge in [0, 0.05) is 15.1 Å². The first-order valence-electron chi connectivity index (χ1n) is 6.84. The van der Waals surface area contributed by atoms with Gasteiger partial charge in [-0.15, -0.1) is 22.7 Å². The van der Waals surface area contributed by atoms with E-state index in [-0.39, 0.29) is 5.91 Å². The van der Waals surface area contributed by atoms with E-state index in [2.05, 4.69) is 5.32 Å². The van der Waals surface area contributed by atoms with E-state index in [9.17, 15) is 9.59 Å². The van der Waals surface area contributed by atoms with Crippen molar-refractivity contribution in [2.45, 2.75) is 32.2 Å². The summed E-state index contributed by atoms with van der Waals surface area (Å²) >= 11 is 2.87. The highest BCUT2D eigenvalue weighted by Gasteiger charge is 2.20. The van der Waals surface area contributed by atoms with Gasteiger partial charge in [0.2, 0.25) is 0 Å². The molecule has 6 heteroatoms. The van der Waals surface area contributed by atoms with Crippen molar-refractivity contribution in [1.82, 2.24) is 5.32 Å². The number of nitrogens with one attached hydrogen (secondary N) is 1. The molecular weight excluding hydrogens is 306 g/mol. The fourth-order valence-corrected chi connectivity index (χ4v) is 4.45. The Morgan fingerprint density at radius 1 is 1.24 bits per heavy atom. The number of hydrogen-bond acceptors (Lipinski definition) is 4. The monoisotopic (exact) mass is 321 g/mol. The molecule has 0 unspecified atom stereocenters. The molecule has 2 heterocycles. The Kier molecular flexibility index (Phi) is 4.07. The number of hydrogen-bond donors (Lipinski definition) is 2. The van der Waals surface area contributed by atoms with E-state index >= 15 is 0 Å². The van der Waals surface area contributed by atoms with Gasteiger partial charge < -0.3 is 10.4 Å². The molecule has 0 spiro atoms. The average Bonchev–Trinajstić information content (AvgIpc) is 3.11. The zero-order valence-electron chi connectivity index (χ0n) is 11.3. The van der Waals surface area contributed by atoms with Gasteiger partial charge in [-0.1, -0.05) is 0 Å². The number of carbonyl (C=O) groups excluding carboxylic acids is 1. The molecule has 0 radical (unpaired) electrons. The number of rotatable bonds is 4. The molecule has 4 nitrogen and oxygen atoms in total. The largest absolute Gasteiger partial charge is 0.477 e. The number of fused-ring (bicyclic) bond motifs is 1. The van der Waals surface area contributed by atoms with Crippen LogP contribution >= 0.6 is 22.7 Å². The maximum absolute atomic E-state index is 12.3. The lowest BCUT2D eigenvalue weighted by molar-refractivity contribution is 0.0702. The number of thiophene rings is 2. The summed E-state index contributed by atoms with van der Waals surface area (Å²) in [6.45, 7) is 0.376. The maximum Gasteiger partial charge on any atom is 0.345 e. The SMILES string of the molecule is O=C(O)c1ccc(CNC(=O)c2csc3c2CCCC3)s1. The van der Waals surface area contributed by atoms with Crippen molar-refractivity contribution >= 4 is 34.6 Å². The molecule has 0 saturated carbocycles. The maximum atomic E-state index is 12.3. The topological polar surface area (TPSA) is 66.4 Å². The quantitative estimate of drug-likeness (QED) is 0.908. The molecule has 0 atom stereocenters. The van der Waals surface area contributed by atoms with E-state index in [1.807, 2.05) is 5.38 Å². The third-order valence-electron chi connectivity index (χ3n) is 3.60. The Bertz CT molecular complexity index is 687. The first-order chi connectivity index (χ1) is 10.1. The normalized spacial score (nSPS) is 13.7. The number of carboxylic acid groups (broad SMARTS) is 1. The summed E-state index contributed by atoms with van der Waals surface area (Å²) in [5.41, 5.74) is 2.01. The molecule has 2 aromatic rings. The molecule has 2 aromatic heterocycles. The summed E-state index contributed by atoms with van der Waals surface area (Å²) in [5, 5.41) is 13.7. The zero-order valence-corrected chi connectivity index (χ0v) is 13.0. The van der Waals surface area contributed by atoms with Crippen LogP contribution < -0.4 is 5.32 Å². The molecule has 1 amide bonds. The average molecular weight is 321 g/mol. The van der Waals surface area contributed by atoms with Crippen molar-refractivity contribution in [1.29, 1.82) is 0 Å². The van der Waals surface area contributed by atoms with Crippen LogP contribution in [0.4, 0.5) is 0 Å². The Morgan fingerprint density at radius 2 is 2.05 bits per heavy atom. The zero-order chi connectivity index (χ0) is 14.8. The third-order valence-corrected chi connectivity index (χ3v) is 5.76. The fraction of sp³-hybridized carbons (Fsp3) is 0.333. The van der Waals surface area contributed by atoms with Crippen LogP contribution in [0.1, 0.15) is 48.2 Å². The van der Waals surface area contributed by atoms with Crippen molar-refractivity contribution in [2.75, 3.05) is 0 Å². The van der Waals surface area contributed by atoms with E-state index in [0.717, 1.165) is 29.7 Å². The van der Waals surface area contributed by atoms with Gasteiger partial charge in [-0.25, -0.2) is 4.79 Å². The highest BCUT2D eigenvalue weighted by Crippen LogP contribution is 2.30. The van der Waals surface area contributed by atoms with Crippen LogP contribution in [0.5, 0.6) is 0 Å². The van der Waals surface area contributed by atoms with Crippen LogP contribution in [0.15, 0.2) is 17.5 Å². The lowest BCUT2D eigenvalue weighted by Crippen LogP contribution is -2.23. The van der Waals surface area contributed by atoms with E-state index < -0.39 is 5.97 Å². The second-order valence-electron chi connectivity index (χ2n) is 5.01. The molecule has 0 fully saturated rings. The molecule has 1 aliphatic rings. The predicted octanol–water partition coefficient (Wildman–Crippen LogP) is 3.32. The van der Waals surface area contributed by atoms with Crippen molar-refractivity contribution in [2.24, 2.45) is 0 Å². The molecule has 0 aromatic carbocycles. The van der Waals surface area contributed by atoms with Gasteiger partial charge >= 0.3 is 5.97 Å². The number of carboxylic acids is 1. The summed E-state index contributed by atoms with van der Waals surface area (Å²) in [4.78, 5) is 25.6. The third kappa shape index (κ3) is 3.01. The first kappa shape index (κ1) is 14.3.